The molecule has 0 aliphatic heterocycles. The van der Waals surface area contributed by atoms with E-state index in [1.807, 2.05) is 24.3 Å². The lowest BCUT2D eigenvalue weighted by Gasteiger charge is -2.19. The van der Waals surface area contributed by atoms with Gasteiger partial charge in [-0.3, -0.25) is 10.1 Å². The summed E-state index contributed by atoms with van der Waals surface area (Å²) in [6, 6.07) is 14.5. The summed E-state index contributed by atoms with van der Waals surface area (Å²) in [6.07, 6.45) is -0.515. The highest BCUT2D eigenvalue weighted by atomic mass is 32.2. The molecule has 144 valence electrons. The van der Waals surface area contributed by atoms with Crippen LogP contribution in [-0.2, 0) is 4.74 Å². The molecule has 0 saturated carbocycles. The molecule has 0 atom stereocenters. The number of hydrogen-bond acceptors (Lipinski definition) is 4. The predicted molar refractivity (Wildman–Crippen MR) is 112 cm³/mol. The van der Waals surface area contributed by atoms with Crippen LogP contribution in [0, 0.1) is 0 Å². The Labute approximate surface area is 164 Å². The van der Waals surface area contributed by atoms with Crippen LogP contribution < -0.4 is 10.6 Å². The van der Waals surface area contributed by atoms with E-state index in [4.69, 9.17) is 4.74 Å². The van der Waals surface area contributed by atoms with Crippen molar-refractivity contribution < 1.29 is 14.3 Å². The van der Waals surface area contributed by atoms with E-state index in [0.717, 1.165) is 4.90 Å². The maximum atomic E-state index is 12.6. The van der Waals surface area contributed by atoms with Crippen LogP contribution in [0.3, 0.4) is 0 Å². The van der Waals surface area contributed by atoms with Crippen LogP contribution in [-0.4, -0.2) is 22.9 Å². The normalized spacial score (nSPS) is 11.2. The smallest absolute Gasteiger partial charge is 0.412 e. The lowest BCUT2D eigenvalue weighted by Crippen LogP contribution is -2.27. The van der Waals surface area contributed by atoms with Gasteiger partial charge in [-0.15, -0.1) is 11.8 Å². The third-order valence-electron chi connectivity index (χ3n) is 3.28. The molecule has 2 amide bonds. The highest BCUT2D eigenvalue weighted by Crippen LogP contribution is 2.27. The van der Waals surface area contributed by atoms with Crippen molar-refractivity contribution in [2.75, 3.05) is 10.6 Å². The minimum absolute atomic E-state index is 0.161. The van der Waals surface area contributed by atoms with Crippen molar-refractivity contribution in [1.82, 2.24) is 0 Å². The molecule has 0 spiro atoms. The average molecular weight is 387 g/mol. The SMILES string of the molecule is CC(C)Sc1ccccc1C(=O)Nc1ccc(NC(=O)OC(C)(C)C)cc1. The van der Waals surface area contributed by atoms with Crippen molar-refractivity contribution in [3.63, 3.8) is 0 Å². The highest BCUT2D eigenvalue weighted by molar-refractivity contribution is 8.00. The molecule has 0 aromatic heterocycles. The summed E-state index contributed by atoms with van der Waals surface area (Å²) in [5.74, 6) is -0.161. The number of amides is 2. The molecule has 0 saturated heterocycles. The quantitative estimate of drug-likeness (QED) is 0.639. The van der Waals surface area contributed by atoms with Crippen molar-refractivity contribution >= 4 is 35.1 Å². The van der Waals surface area contributed by atoms with Gasteiger partial charge >= 0.3 is 6.09 Å². The molecular weight excluding hydrogens is 360 g/mol. The van der Waals surface area contributed by atoms with E-state index in [9.17, 15) is 9.59 Å². The molecule has 0 heterocycles. The summed E-state index contributed by atoms with van der Waals surface area (Å²) in [5, 5.41) is 5.94. The van der Waals surface area contributed by atoms with Gasteiger partial charge in [0.25, 0.3) is 5.91 Å². The van der Waals surface area contributed by atoms with Gasteiger partial charge < -0.3 is 10.1 Å². The van der Waals surface area contributed by atoms with E-state index in [1.165, 1.54) is 0 Å². The van der Waals surface area contributed by atoms with E-state index in [1.54, 1.807) is 56.8 Å². The lowest BCUT2D eigenvalue weighted by atomic mass is 10.2. The molecule has 2 aromatic carbocycles. The largest absolute Gasteiger partial charge is 0.444 e. The fraction of sp³-hybridized carbons (Fsp3) is 0.333. The minimum Gasteiger partial charge on any atom is -0.444 e. The van der Waals surface area contributed by atoms with Crippen molar-refractivity contribution in [3.8, 4) is 0 Å². The van der Waals surface area contributed by atoms with Crippen LogP contribution in [0.4, 0.5) is 16.2 Å². The molecule has 0 aliphatic carbocycles. The predicted octanol–water partition coefficient (Wildman–Crippen LogP) is 5.79. The van der Waals surface area contributed by atoms with Crippen molar-refractivity contribution in [3.05, 3.63) is 54.1 Å². The fourth-order valence-corrected chi connectivity index (χ4v) is 3.22. The summed E-state index contributed by atoms with van der Waals surface area (Å²) in [6.45, 7) is 9.60. The number of anilines is 2. The Morgan fingerprint density at radius 3 is 2.04 bits per heavy atom. The summed E-state index contributed by atoms with van der Waals surface area (Å²) in [7, 11) is 0. The van der Waals surface area contributed by atoms with Gasteiger partial charge in [0.2, 0.25) is 0 Å². The van der Waals surface area contributed by atoms with Gasteiger partial charge in [0.05, 0.1) is 5.56 Å². The molecule has 6 heteroatoms. The molecule has 2 N–H and O–H groups in total. The third-order valence-corrected chi connectivity index (χ3v) is 4.36. The van der Waals surface area contributed by atoms with E-state index in [-0.39, 0.29) is 5.91 Å². The Balaban J connectivity index is 2.02. The second-order valence-corrected chi connectivity index (χ2v) is 8.94. The van der Waals surface area contributed by atoms with Crippen LogP contribution in [0.1, 0.15) is 45.0 Å². The monoisotopic (exact) mass is 386 g/mol. The Morgan fingerprint density at radius 1 is 0.926 bits per heavy atom. The van der Waals surface area contributed by atoms with Crippen molar-refractivity contribution in [1.29, 1.82) is 0 Å². The molecule has 5 nitrogen and oxygen atoms in total. The minimum atomic E-state index is -0.556. The summed E-state index contributed by atoms with van der Waals surface area (Å²) in [4.78, 5) is 25.4. The number of hydrogen-bond donors (Lipinski definition) is 2. The van der Waals surface area contributed by atoms with Gasteiger partial charge in [-0.25, -0.2) is 4.79 Å². The van der Waals surface area contributed by atoms with Gasteiger partial charge in [0, 0.05) is 21.5 Å². The summed E-state index contributed by atoms with van der Waals surface area (Å²) >= 11 is 1.66. The fourth-order valence-electron chi connectivity index (χ4n) is 2.27. The van der Waals surface area contributed by atoms with Crippen LogP contribution in [0.5, 0.6) is 0 Å². The standard InChI is InChI=1S/C21H26N2O3S/c1-14(2)27-18-9-7-6-8-17(18)19(24)22-15-10-12-16(13-11-15)23-20(25)26-21(3,4)5/h6-14H,1-5H3,(H,22,24)(H,23,25). The summed E-state index contributed by atoms with van der Waals surface area (Å²) in [5.41, 5.74) is 1.34. The lowest BCUT2D eigenvalue weighted by molar-refractivity contribution is 0.0635. The van der Waals surface area contributed by atoms with E-state index < -0.39 is 11.7 Å². The average Bonchev–Trinajstić information content (AvgIpc) is 2.54. The number of rotatable bonds is 5. The molecule has 0 fully saturated rings. The number of benzene rings is 2. The zero-order valence-electron chi connectivity index (χ0n) is 16.3. The molecule has 2 rings (SSSR count). The summed E-state index contributed by atoms with van der Waals surface area (Å²) < 4.78 is 5.22. The molecule has 27 heavy (non-hydrogen) atoms. The zero-order chi connectivity index (χ0) is 20.0. The molecule has 0 aliphatic rings. The van der Waals surface area contributed by atoms with Gasteiger partial charge in [0.15, 0.2) is 0 Å². The van der Waals surface area contributed by atoms with Gasteiger partial charge in [-0.05, 0) is 57.2 Å². The molecular formula is C21H26N2O3S. The van der Waals surface area contributed by atoms with Crippen LogP contribution in [0.25, 0.3) is 0 Å². The van der Waals surface area contributed by atoms with Gasteiger partial charge in [-0.2, -0.15) is 0 Å². The second-order valence-electron chi connectivity index (χ2n) is 7.32. The third kappa shape index (κ3) is 6.98. The zero-order valence-corrected chi connectivity index (χ0v) is 17.1. The second kappa shape index (κ2) is 8.95. The number of nitrogens with one attached hydrogen (secondary N) is 2. The van der Waals surface area contributed by atoms with Gasteiger partial charge in [-0.1, -0.05) is 26.0 Å². The van der Waals surface area contributed by atoms with Crippen LogP contribution in [0.15, 0.2) is 53.4 Å². The Bertz CT molecular complexity index is 796. The maximum absolute atomic E-state index is 12.6. The number of thioether (sulfide) groups is 1. The Hall–Kier alpha value is -2.47. The molecule has 0 unspecified atom stereocenters. The number of carbonyl (C=O) groups excluding carboxylic acids is 2. The van der Waals surface area contributed by atoms with Crippen molar-refractivity contribution in [2.45, 2.75) is 50.4 Å². The first kappa shape index (κ1) is 20.8. The van der Waals surface area contributed by atoms with E-state index in [0.29, 0.717) is 22.2 Å². The number of ether oxygens (including phenoxy) is 1. The topological polar surface area (TPSA) is 67.4 Å². The molecule has 0 bridgehead atoms. The first-order chi connectivity index (χ1) is 12.6. The molecule has 2 aromatic rings. The Morgan fingerprint density at radius 2 is 1.48 bits per heavy atom. The first-order valence-corrected chi connectivity index (χ1v) is 9.69. The van der Waals surface area contributed by atoms with Gasteiger partial charge in [0.1, 0.15) is 5.60 Å². The van der Waals surface area contributed by atoms with Crippen LogP contribution >= 0.6 is 11.8 Å². The van der Waals surface area contributed by atoms with Crippen molar-refractivity contribution in [2.24, 2.45) is 0 Å². The number of carbonyl (C=O) groups is 2. The first-order valence-electron chi connectivity index (χ1n) is 8.81. The van der Waals surface area contributed by atoms with E-state index in [2.05, 4.69) is 24.5 Å². The van der Waals surface area contributed by atoms with E-state index >= 15 is 0 Å². The Kier molecular flexibility index (Phi) is 6.91. The molecule has 0 radical (unpaired) electrons. The van der Waals surface area contributed by atoms with Crippen LogP contribution in [0.2, 0.25) is 0 Å². The highest BCUT2D eigenvalue weighted by Gasteiger charge is 2.16. The maximum Gasteiger partial charge on any atom is 0.412 e.